The Hall–Kier alpha value is -2.16. The van der Waals surface area contributed by atoms with Crippen molar-refractivity contribution in [3.63, 3.8) is 0 Å². The number of carbonyl (C=O) groups is 1. The van der Waals surface area contributed by atoms with Gasteiger partial charge in [-0.05, 0) is 32.0 Å². The van der Waals surface area contributed by atoms with Crippen LogP contribution in [0.5, 0.6) is 0 Å². The van der Waals surface area contributed by atoms with Crippen LogP contribution in [0.25, 0.3) is 0 Å². The molecule has 0 saturated carbocycles. The summed E-state index contributed by atoms with van der Waals surface area (Å²) in [6, 6.07) is 3.01. The molecular weight excluding hydrogens is 411 g/mol. The molecular formula is C17H16F3N5OS2. The summed E-state index contributed by atoms with van der Waals surface area (Å²) >= 11 is 2.18. The number of halogens is 3. The fraction of sp³-hybridized carbons (Fsp3) is 0.412. The van der Waals surface area contributed by atoms with E-state index in [9.17, 15) is 23.2 Å². The SMILES string of the molecule is Cc1cc(C(F)(F)F)nc(SCC(=O)Nc2sc3c(c2C#N)CCN(C)C3)n1. The van der Waals surface area contributed by atoms with Gasteiger partial charge in [0.05, 0.1) is 11.3 Å². The van der Waals surface area contributed by atoms with E-state index in [1.54, 1.807) is 0 Å². The minimum atomic E-state index is -4.57. The maximum absolute atomic E-state index is 12.8. The van der Waals surface area contributed by atoms with Gasteiger partial charge in [-0.3, -0.25) is 4.79 Å². The number of hydrogen-bond acceptors (Lipinski definition) is 7. The third-order valence-electron chi connectivity index (χ3n) is 4.07. The lowest BCUT2D eigenvalue weighted by molar-refractivity contribution is -0.141. The van der Waals surface area contributed by atoms with E-state index < -0.39 is 17.8 Å². The third-order valence-corrected chi connectivity index (χ3v) is 6.05. The van der Waals surface area contributed by atoms with Gasteiger partial charge in [-0.1, -0.05) is 11.8 Å². The number of nitrogens with zero attached hydrogens (tertiary/aromatic N) is 4. The quantitative estimate of drug-likeness (QED) is 0.595. The van der Waals surface area contributed by atoms with Gasteiger partial charge >= 0.3 is 6.18 Å². The average Bonchev–Trinajstić information content (AvgIpc) is 2.94. The molecule has 0 atom stereocenters. The molecule has 3 rings (SSSR count). The first kappa shape index (κ1) is 20.6. The molecule has 0 unspecified atom stereocenters. The minimum absolute atomic E-state index is 0.116. The van der Waals surface area contributed by atoms with E-state index in [4.69, 9.17) is 0 Å². The Morgan fingerprint density at radius 1 is 1.46 bits per heavy atom. The monoisotopic (exact) mass is 427 g/mol. The number of aryl methyl sites for hydroxylation is 1. The summed E-state index contributed by atoms with van der Waals surface area (Å²) in [6.45, 7) is 3.00. The number of hydrogen-bond donors (Lipinski definition) is 1. The smallest absolute Gasteiger partial charge is 0.316 e. The number of alkyl halides is 3. The molecule has 1 amide bonds. The number of carbonyl (C=O) groups excluding carboxylic acids is 1. The van der Waals surface area contributed by atoms with Gasteiger partial charge in [0.15, 0.2) is 5.16 Å². The summed E-state index contributed by atoms with van der Waals surface area (Å²) in [5.41, 5.74) is 0.569. The van der Waals surface area contributed by atoms with Crippen LogP contribution in [-0.2, 0) is 23.9 Å². The van der Waals surface area contributed by atoms with Crippen LogP contribution in [0, 0.1) is 18.3 Å². The summed E-state index contributed by atoms with van der Waals surface area (Å²) in [7, 11) is 1.99. The molecule has 3 heterocycles. The number of fused-ring (bicyclic) bond motifs is 1. The molecule has 1 aliphatic heterocycles. The number of likely N-dealkylation sites (N-methyl/N-ethyl adjacent to an activating group) is 1. The van der Waals surface area contributed by atoms with Crippen molar-refractivity contribution in [2.45, 2.75) is 31.2 Å². The first-order chi connectivity index (χ1) is 13.2. The summed E-state index contributed by atoms with van der Waals surface area (Å²) in [5.74, 6) is -0.583. The van der Waals surface area contributed by atoms with Crippen LogP contribution in [0.15, 0.2) is 11.2 Å². The van der Waals surface area contributed by atoms with Gasteiger partial charge in [0.1, 0.15) is 16.8 Å². The number of aromatic nitrogens is 2. The highest BCUT2D eigenvalue weighted by atomic mass is 32.2. The zero-order chi connectivity index (χ0) is 20.5. The van der Waals surface area contributed by atoms with Crippen LogP contribution >= 0.6 is 23.1 Å². The third kappa shape index (κ3) is 4.63. The number of rotatable bonds is 4. The highest BCUT2D eigenvalue weighted by Crippen LogP contribution is 2.36. The summed E-state index contributed by atoms with van der Waals surface area (Å²) in [6.07, 6.45) is -3.83. The maximum Gasteiger partial charge on any atom is 0.433 e. The van der Waals surface area contributed by atoms with Crippen LogP contribution in [0.1, 0.15) is 27.4 Å². The van der Waals surface area contributed by atoms with E-state index in [0.717, 1.165) is 47.8 Å². The van der Waals surface area contributed by atoms with Gasteiger partial charge < -0.3 is 10.2 Å². The first-order valence-electron chi connectivity index (χ1n) is 8.26. The Balaban J connectivity index is 1.69. The van der Waals surface area contributed by atoms with Gasteiger partial charge in [0.25, 0.3) is 0 Å². The molecule has 0 bridgehead atoms. The fourth-order valence-corrected chi connectivity index (χ4v) is 4.78. The second-order valence-electron chi connectivity index (χ2n) is 6.32. The second-order valence-corrected chi connectivity index (χ2v) is 8.37. The van der Waals surface area contributed by atoms with Crippen LogP contribution in [0.2, 0.25) is 0 Å². The number of thiophene rings is 1. The molecule has 2 aromatic rings. The van der Waals surface area contributed by atoms with Crippen molar-refractivity contribution in [2.24, 2.45) is 0 Å². The van der Waals surface area contributed by atoms with Gasteiger partial charge in [0.2, 0.25) is 5.91 Å². The Bertz CT molecular complexity index is 951. The minimum Gasteiger partial charge on any atom is -0.316 e. The number of amides is 1. The van der Waals surface area contributed by atoms with Crippen molar-refractivity contribution in [1.29, 1.82) is 5.26 Å². The number of anilines is 1. The van der Waals surface area contributed by atoms with Gasteiger partial charge in [-0.2, -0.15) is 18.4 Å². The predicted octanol–water partition coefficient (Wildman–Crippen LogP) is 3.46. The largest absolute Gasteiger partial charge is 0.433 e. The maximum atomic E-state index is 12.8. The van der Waals surface area contributed by atoms with Crippen LogP contribution < -0.4 is 5.32 Å². The lowest BCUT2D eigenvalue weighted by atomic mass is 10.0. The number of nitrogens with one attached hydrogen (secondary N) is 1. The first-order valence-corrected chi connectivity index (χ1v) is 10.1. The van der Waals surface area contributed by atoms with E-state index in [2.05, 4.69) is 26.3 Å². The van der Waals surface area contributed by atoms with E-state index in [-0.39, 0.29) is 16.6 Å². The zero-order valence-electron chi connectivity index (χ0n) is 15.1. The van der Waals surface area contributed by atoms with Crippen molar-refractivity contribution < 1.29 is 18.0 Å². The molecule has 0 saturated heterocycles. The average molecular weight is 427 g/mol. The molecule has 0 radical (unpaired) electrons. The van der Waals surface area contributed by atoms with Crippen molar-refractivity contribution in [1.82, 2.24) is 14.9 Å². The molecule has 0 aliphatic carbocycles. The van der Waals surface area contributed by atoms with Crippen LogP contribution in [0.4, 0.5) is 18.2 Å². The van der Waals surface area contributed by atoms with E-state index in [1.807, 2.05) is 7.05 Å². The molecule has 6 nitrogen and oxygen atoms in total. The number of thioether (sulfide) groups is 1. The van der Waals surface area contributed by atoms with Crippen molar-refractivity contribution >= 4 is 34.0 Å². The second kappa shape index (κ2) is 8.06. The van der Waals surface area contributed by atoms with Crippen molar-refractivity contribution in [3.8, 4) is 6.07 Å². The topological polar surface area (TPSA) is 81.9 Å². The standard InChI is InChI=1S/C17H16F3N5OS2/c1-9-5-13(17(18,19)20)23-16(22-9)27-8-14(26)24-15-11(6-21)10-3-4-25(2)7-12(10)28-15/h5H,3-4,7-8H2,1-2H3,(H,24,26). The van der Waals surface area contributed by atoms with Gasteiger partial charge in [-0.25, -0.2) is 9.97 Å². The zero-order valence-corrected chi connectivity index (χ0v) is 16.7. The summed E-state index contributed by atoms with van der Waals surface area (Å²) in [4.78, 5) is 22.9. The number of nitriles is 1. The highest BCUT2D eigenvalue weighted by molar-refractivity contribution is 7.99. The Morgan fingerprint density at radius 2 is 2.21 bits per heavy atom. The fourth-order valence-electron chi connectivity index (χ4n) is 2.78. The summed E-state index contributed by atoms with van der Waals surface area (Å²) in [5, 5.41) is 12.5. The predicted molar refractivity (Wildman–Crippen MR) is 100 cm³/mol. The molecule has 1 N–H and O–H groups in total. The Labute approximate surface area is 167 Å². The Kier molecular flexibility index (Phi) is 5.92. The molecule has 11 heteroatoms. The van der Waals surface area contributed by atoms with E-state index >= 15 is 0 Å². The molecule has 0 spiro atoms. The summed E-state index contributed by atoms with van der Waals surface area (Å²) < 4.78 is 38.5. The molecule has 0 fully saturated rings. The lowest BCUT2D eigenvalue weighted by Crippen LogP contribution is -2.25. The van der Waals surface area contributed by atoms with E-state index in [1.165, 1.54) is 18.3 Å². The van der Waals surface area contributed by atoms with Gasteiger partial charge in [0, 0.05) is 23.7 Å². The molecule has 0 aromatic carbocycles. The van der Waals surface area contributed by atoms with E-state index in [0.29, 0.717) is 10.6 Å². The lowest BCUT2D eigenvalue weighted by Gasteiger charge is -2.21. The van der Waals surface area contributed by atoms with Crippen LogP contribution in [-0.4, -0.2) is 40.1 Å². The van der Waals surface area contributed by atoms with Gasteiger partial charge in [-0.15, -0.1) is 11.3 Å². The van der Waals surface area contributed by atoms with Crippen molar-refractivity contribution in [3.05, 3.63) is 33.5 Å². The highest BCUT2D eigenvalue weighted by Gasteiger charge is 2.33. The molecule has 28 heavy (non-hydrogen) atoms. The molecule has 2 aromatic heterocycles. The molecule has 148 valence electrons. The van der Waals surface area contributed by atoms with Crippen molar-refractivity contribution in [2.75, 3.05) is 24.7 Å². The van der Waals surface area contributed by atoms with Crippen LogP contribution in [0.3, 0.4) is 0 Å². The normalized spacial score (nSPS) is 14.4. The Morgan fingerprint density at radius 3 is 2.89 bits per heavy atom. The molecule has 1 aliphatic rings.